The minimum absolute atomic E-state index is 0.137. The molecule has 0 unspecified atom stereocenters. The highest BCUT2D eigenvalue weighted by Gasteiger charge is 2.17. The van der Waals surface area contributed by atoms with Crippen LogP contribution in [0, 0.1) is 10.1 Å². The van der Waals surface area contributed by atoms with Crippen LogP contribution in [0.25, 0.3) is 0 Å². The molecule has 7 heteroatoms. The number of rotatable bonds is 3. The quantitative estimate of drug-likeness (QED) is 0.644. The number of pyridine rings is 1. The van der Waals surface area contributed by atoms with Crippen molar-refractivity contribution in [2.24, 2.45) is 0 Å². The van der Waals surface area contributed by atoms with E-state index < -0.39 is 16.7 Å². The fourth-order valence-corrected chi connectivity index (χ4v) is 1.16. The first-order valence-corrected chi connectivity index (χ1v) is 4.63. The average Bonchev–Trinajstić information content (AvgIpc) is 2.79. The second-order valence-corrected chi connectivity index (χ2v) is 3.06. The SMILES string of the molecule is O=C(Nc1ccccn1)c1ccc([N+](=O)[O-])o1. The molecule has 0 bridgehead atoms. The van der Waals surface area contributed by atoms with Crippen molar-refractivity contribution in [2.45, 2.75) is 0 Å². The van der Waals surface area contributed by atoms with Crippen molar-refractivity contribution in [3.63, 3.8) is 0 Å². The largest absolute Gasteiger partial charge is 0.433 e. The van der Waals surface area contributed by atoms with Crippen molar-refractivity contribution in [3.05, 3.63) is 52.4 Å². The van der Waals surface area contributed by atoms with E-state index in [1.807, 2.05) is 0 Å². The van der Waals surface area contributed by atoms with Gasteiger partial charge in [-0.15, -0.1) is 0 Å². The summed E-state index contributed by atoms with van der Waals surface area (Å²) in [4.78, 5) is 25.1. The third-order valence-corrected chi connectivity index (χ3v) is 1.90. The number of carbonyl (C=O) groups excluding carboxylic acids is 1. The summed E-state index contributed by atoms with van der Waals surface area (Å²) in [6, 6.07) is 7.35. The Balaban J connectivity index is 2.12. The highest BCUT2D eigenvalue weighted by Crippen LogP contribution is 2.16. The highest BCUT2D eigenvalue weighted by molar-refractivity contribution is 6.01. The lowest BCUT2D eigenvalue weighted by atomic mass is 10.4. The second kappa shape index (κ2) is 4.44. The molecular weight excluding hydrogens is 226 g/mol. The van der Waals surface area contributed by atoms with Crippen LogP contribution in [0.15, 0.2) is 40.9 Å². The molecule has 0 fully saturated rings. The van der Waals surface area contributed by atoms with Crippen LogP contribution < -0.4 is 5.32 Å². The first-order chi connectivity index (χ1) is 8.16. The van der Waals surface area contributed by atoms with Gasteiger partial charge in [0.25, 0.3) is 5.91 Å². The van der Waals surface area contributed by atoms with E-state index in [4.69, 9.17) is 4.42 Å². The molecule has 2 aromatic heterocycles. The summed E-state index contributed by atoms with van der Waals surface area (Å²) in [5.41, 5.74) is 0. The Bertz CT molecular complexity index is 550. The number of hydrogen-bond donors (Lipinski definition) is 1. The summed E-state index contributed by atoms with van der Waals surface area (Å²) < 4.78 is 4.74. The van der Waals surface area contributed by atoms with Crippen molar-refractivity contribution in [3.8, 4) is 0 Å². The Kier molecular flexibility index (Phi) is 2.82. The van der Waals surface area contributed by atoms with Crippen molar-refractivity contribution in [1.82, 2.24) is 4.98 Å². The maximum atomic E-state index is 11.6. The van der Waals surface area contributed by atoms with Gasteiger partial charge in [-0.05, 0) is 18.2 Å². The van der Waals surface area contributed by atoms with Gasteiger partial charge in [-0.2, -0.15) is 0 Å². The molecule has 0 radical (unpaired) electrons. The Labute approximate surface area is 95.2 Å². The fraction of sp³-hybridized carbons (Fsp3) is 0. The monoisotopic (exact) mass is 233 g/mol. The number of nitrogens with one attached hydrogen (secondary N) is 1. The average molecular weight is 233 g/mol. The molecule has 2 aromatic rings. The van der Waals surface area contributed by atoms with Crippen molar-refractivity contribution in [1.29, 1.82) is 0 Å². The van der Waals surface area contributed by atoms with Crippen LogP contribution in [0.2, 0.25) is 0 Å². The van der Waals surface area contributed by atoms with Crippen LogP contribution in [-0.4, -0.2) is 15.8 Å². The van der Waals surface area contributed by atoms with Crippen LogP contribution in [0.4, 0.5) is 11.7 Å². The molecule has 0 aromatic carbocycles. The topological polar surface area (TPSA) is 98.3 Å². The van der Waals surface area contributed by atoms with E-state index in [0.717, 1.165) is 6.07 Å². The standard InChI is InChI=1S/C10H7N3O4/c14-10(12-8-3-1-2-6-11-8)7-4-5-9(17-7)13(15)16/h1-6H,(H,11,12,14). The molecule has 86 valence electrons. The Morgan fingerprint density at radius 3 is 2.76 bits per heavy atom. The second-order valence-electron chi connectivity index (χ2n) is 3.06. The first-order valence-electron chi connectivity index (χ1n) is 4.63. The van der Waals surface area contributed by atoms with Crippen LogP contribution >= 0.6 is 0 Å². The molecule has 1 amide bonds. The highest BCUT2D eigenvalue weighted by atomic mass is 16.6. The zero-order valence-corrected chi connectivity index (χ0v) is 8.49. The number of carbonyl (C=O) groups is 1. The molecular formula is C10H7N3O4. The van der Waals surface area contributed by atoms with Crippen molar-refractivity contribution in [2.75, 3.05) is 5.32 Å². The molecule has 0 aliphatic rings. The summed E-state index contributed by atoms with van der Waals surface area (Å²) in [6.45, 7) is 0. The maximum absolute atomic E-state index is 11.6. The molecule has 2 rings (SSSR count). The van der Waals surface area contributed by atoms with Crippen LogP contribution in [0.1, 0.15) is 10.6 Å². The minimum atomic E-state index is -0.711. The number of nitro groups is 1. The molecule has 0 saturated heterocycles. The molecule has 0 atom stereocenters. The molecule has 0 aliphatic heterocycles. The Hall–Kier alpha value is -2.70. The zero-order valence-electron chi connectivity index (χ0n) is 8.49. The van der Waals surface area contributed by atoms with Gasteiger partial charge in [0, 0.05) is 6.20 Å². The van der Waals surface area contributed by atoms with E-state index in [-0.39, 0.29) is 5.76 Å². The number of furan rings is 1. The van der Waals surface area contributed by atoms with Gasteiger partial charge in [0.2, 0.25) is 0 Å². The lowest BCUT2D eigenvalue weighted by molar-refractivity contribution is -0.402. The number of hydrogen-bond acceptors (Lipinski definition) is 5. The fourth-order valence-electron chi connectivity index (χ4n) is 1.16. The molecule has 1 N–H and O–H groups in total. The normalized spacial score (nSPS) is 9.88. The number of anilines is 1. The van der Waals surface area contributed by atoms with Gasteiger partial charge in [-0.3, -0.25) is 14.9 Å². The minimum Gasteiger partial charge on any atom is -0.395 e. The molecule has 7 nitrogen and oxygen atoms in total. The van der Waals surface area contributed by atoms with Gasteiger partial charge in [0.05, 0.1) is 6.07 Å². The predicted molar refractivity (Wildman–Crippen MR) is 57.6 cm³/mol. The van der Waals surface area contributed by atoms with Gasteiger partial charge in [-0.1, -0.05) is 6.07 Å². The van der Waals surface area contributed by atoms with Gasteiger partial charge in [-0.25, -0.2) is 4.98 Å². The van der Waals surface area contributed by atoms with E-state index in [0.29, 0.717) is 5.82 Å². The van der Waals surface area contributed by atoms with Gasteiger partial charge < -0.3 is 9.73 Å². The molecule has 0 saturated carbocycles. The van der Waals surface area contributed by atoms with E-state index in [2.05, 4.69) is 10.3 Å². The maximum Gasteiger partial charge on any atom is 0.433 e. The van der Waals surface area contributed by atoms with Crippen LogP contribution in [-0.2, 0) is 0 Å². The summed E-state index contributed by atoms with van der Waals surface area (Å²) in [6.07, 6.45) is 1.51. The molecule has 0 spiro atoms. The van der Waals surface area contributed by atoms with Crippen molar-refractivity contribution < 1.29 is 14.1 Å². The number of aromatic nitrogens is 1. The van der Waals surface area contributed by atoms with E-state index >= 15 is 0 Å². The lowest BCUT2D eigenvalue weighted by Crippen LogP contribution is -2.11. The van der Waals surface area contributed by atoms with E-state index in [1.54, 1.807) is 18.2 Å². The summed E-state index contributed by atoms with van der Waals surface area (Å²) >= 11 is 0. The van der Waals surface area contributed by atoms with E-state index in [9.17, 15) is 14.9 Å². The lowest BCUT2D eigenvalue weighted by Gasteiger charge is -1.99. The van der Waals surface area contributed by atoms with Crippen molar-refractivity contribution >= 4 is 17.6 Å². The van der Waals surface area contributed by atoms with E-state index in [1.165, 1.54) is 12.3 Å². The third kappa shape index (κ3) is 2.46. The smallest absolute Gasteiger partial charge is 0.395 e. The van der Waals surface area contributed by atoms with Crippen LogP contribution in [0.3, 0.4) is 0 Å². The third-order valence-electron chi connectivity index (χ3n) is 1.90. The first kappa shape index (κ1) is 10.8. The predicted octanol–water partition coefficient (Wildman–Crippen LogP) is 1.84. The van der Waals surface area contributed by atoms with Gasteiger partial charge in [0.15, 0.2) is 5.76 Å². The molecule has 2 heterocycles. The number of nitrogens with zero attached hydrogens (tertiary/aromatic N) is 2. The molecule has 0 aliphatic carbocycles. The Morgan fingerprint density at radius 2 is 2.18 bits per heavy atom. The number of amides is 1. The Morgan fingerprint density at radius 1 is 1.35 bits per heavy atom. The van der Waals surface area contributed by atoms with Crippen LogP contribution in [0.5, 0.6) is 0 Å². The summed E-state index contributed by atoms with van der Waals surface area (Å²) in [5.74, 6) is -0.855. The zero-order chi connectivity index (χ0) is 12.3. The van der Waals surface area contributed by atoms with Gasteiger partial charge in [0.1, 0.15) is 10.7 Å². The summed E-state index contributed by atoms with van der Waals surface area (Å²) in [7, 11) is 0. The molecule has 17 heavy (non-hydrogen) atoms. The van der Waals surface area contributed by atoms with Gasteiger partial charge >= 0.3 is 5.88 Å². The summed E-state index contributed by atoms with van der Waals surface area (Å²) in [5, 5.41) is 12.8.